The predicted octanol–water partition coefficient (Wildman–Crippen LogP) is 1.01. The first kappa shape index (κ1) is 23.6. The molecule has 1 aliphatic rings. The Hall–Kier alpha value is -1.68. The molecule has 0 bridgehead atoms. The van der Waals surface area contributed by atoms with Gasteiger partial charge in [-0.25, -0.2) is 13.1 Å². The summed E-state index contributed by atoms with van der Waals surface area (Å²) in [7, 11) is -0.267. The van der Waals surface area contributed by atoms with Gasteiger partial charge in [-0.2, -0.15) is 0 Å². The van der Waals surface area contributed by atoms with E-state index in [-0.39, 0.29) is 11.4 Å². The molecule has 164 valence electrons. The quantitative estimate of drug-likeness (QED) is 0.310. The van der Waals surface area contributed by atoms with E-state index in [1.165, 1.54) is 7.11 Å². The summed E-state index contributed by atoms with van der Waals surface area (Å²) >= 11 is 0. The van der Waals surface area contributed by atoms with Gasteiger partial charge in [0.2, 0.25) is 10.0 Å². The van der Waals surface area contributed by atoms with Gasteiger partial charge in [0, 0.05) is 52.4 Å². The number of nitrogens with one attached hydrogen (secondary N) is 3. The van der Waals surface area contributed by atoms with E-state index in [1.54, 1.807) is 25.2 Å². The summed E-state index contributed by atoms with van der Waals surface area (Å²) in [6, 6.07) is 7.77. The van der Waals surface area contributed by atoms with Crippen LogP contribution in [0.2, 0.25) is 0 Å². The Morgan fingerprint density at radius 3 is 2.72 bits per heavy atom. The first-order valence-corrected chi connectivity index (χ1v) is 11.5. The van der Waals surface area contributed by atoms with Crippen molar-refractivity contribution in [2.75, 3.05) is 40.4 Å². The van der Waals surface area contributed by atoms with E-state index in [9.17, 15) is 8.42 Å². The zero-order valence-electron chi connectivity index (χ0n) is 18.1. The van der Waals surface area contributed by atoms with Crippen LogP contribution < -0.4 is 15.4 Å². The van der Waals surface area contributed by atoms with Gasteiger partial charge in [0.15, 0.2) is 5.96 Å². The van der Waals surface area contributed by atoms with Gasteiger partial charge in [-0.05, 0) is 37.5 Å². The molecule has 0 radical (unpaired) electrons. The van der Waals surface area contributed by atoms with Crippen LogP contribution in [0.1, 0.15) is 26.3 Å². The molecule has 2 atom stereocenters. The van der Waals surface area contributed by atoms with Crippen LogP contribution in [-0.4, -0.2) is 71.8 Å². The van der Waals surface area contributed by atoms with E-state index in [4.69, 9.17) is 4.74 Å². The zero-order chi connectivity index (χ0) is 21.4. The molecule has 1 aliphatic heterocycles. The van der Waals surface area contributed by atoms with Crippen LogP contribution in [0.3, 0.4) is 0 Å². The van der Waals surface area contributed by atoms with Crippen LogP contribution in [0.25, 0.3) is 0 Å². The molecule has 0 amide bonds. The lowest BCUT2D eigenvalue weighted by molar-refractivity contribution is 0.204. The normalized spacial score (nSPS) is 21.0. The molecule has 1 heterocycles. The lowest BCUT2D eigenvalue weighted by atomic mass is 10.1. The van der Waals surface area contributed by atoms with Gasteiger partial charge >= 0.3 is 0 Å². The maximum absolute atomic E-state index is 12.4. The first-order valence-electron chi connectivity index (χ1n) is 10.1. The topological polar surface area (TPSA) is 95.1 Å². The molecule has 2 rings (SSSR count). The highest BCUT2D eigenvalue weighted by Gasteiger charge is 2.31. The minimum Gasteiger partial charge on any atom is -0.383 e. The average molecular weight is 426 g/mol. The molecule has 29 heavy (non-hydrogen) atoms. The predicted molar refractivity (Wildman–Crippen MR) is 117 cm³/mol. The third kappa shape index (κ3) is 6.95. The molecule has 1 fully saturated rings. The first-order chi connectivity index (χ1) is 13.8. The maximum atomic E-state index is 12.4. The van der Waals surface area contributed by atoms with E-state index in [1.807, 2.05) is 6.07 Å². The van der Waals surface area contributed by atoms with Crippen molar-refractivity contribution in [3.8, 4) is 0 Å². The second-order valence-electron chi connectivity index (χ2n) is 7.74. The molecule has 0 aromatic heterocycles. The summed E-state index contributed by atoms with van der Waals surface area (Å²) in [4.78, 5) is 7.03. The third-order valence-electron chi connectivity index (χ3n) is 5.18. The SMILES string of the molecule is CN=C(NCc1cccc(S(=O)(=O)NCCOC)c1)NC1CN(C(C)C)CC1C. The van der Waals surface area contributed by atoms with Gasteiger partial charge in [-0.15, -0.1) is 0 Å². The Bertz CT molecular complexity index is 782. The standard InChI is InChI=1S/C20H35N5O3S/c1-15(2)25-13-16(3)19(14-25)24-20(21-4)22-12-17-7-6-8-18(11-17)29(26,27)23-9-10-28-5/h6-8,11,15-16,19,23H,9-10,12-14H2,1-5H3,(H2,21,22,24). The van der Waals surface area contributed by atoms with Gasteiger partial charge in [0.05, 0.1) is 11.5 Å². The fraction of sp³-hybridized carbons (Fsp3) is 0.650. The maximum Gasteiger partial charge on any atom is 0.240 e. The van der Waals surface area contributed by atoms with E-state index in [2.05, 4.69) is 46.0 Å². The van der Waals surface area contributed by atoms with Gasteiger partial charge in [0.1, 0.15) is 0 Å². The minimum atomic E-state index is -3.55. The van der Waals surface area contributed by atoms with Crippen molar-refractivity contribution in [2.24, 2.45) is 10.9 Å². The largest absolute Gasteiger partial charge is 0.383 e. The smallest absolute Gasteiger partial charge is 0.240 e. The summed E-state index contributed by atoms with van der Waals surface area (Å²) in [5.74, 6) is 1.25. The number of ether oxygens (including phenoxy) is 1. The second kappa shape index (κ2) is 10.9. The highest BCUT2D eigenvalue weighted by atomic mass is 32.2. The number of sulfonamides is 1. The summed E-state index contributed by atoms with van der Waals surface area (Å²) in [5.41, 5.74) is 0.867. The van der Waals surface area contributed by atoms with Crippen LogP contribution in [0.15, 0.2) is 34.2 Å². The highest BCUT2D eigenvalue weighted by Crippen LogP contribution is 2.18. The van der Waals surface area contributed by atoms with Crippen molar-refractivity contribution >= 4 is 16.0 Å². The van der Waals surface area contributed by atoms with E-state index < -0.39 is 10.0 Å². The van der Waals surface area contributed by atoms with Crippen molar-refractivity contribution in [3.05, 3.63) is 29.8 Å². The van der Waals surface area contributed by atoms with Gasteiger partial charge in [-0.1, -0.05) is 19.1 Å². The second-order valence-corrected chi connectivity index (χ2v) is 9.51. The van der Waals surface area contributed by atoms with Crippen LogP contribution in [0, 0.1) is 5.92 Å². The Morgan fingerprint density at radius 2 is 2.10 bits per heavy atom. The monoisotopic (exact) mass is 425 g/mol. The van der Waals surface area contributed by atoms with Crippen molar-refractivity contribution in [3.63, 3.8) is 0 Å². The highest BCUT2D eigenvalue weighted by molar-refractivity contribution is 7.89. The third-order valence-corrected chi connectivity index (χ3v) is 6.64. The molecule has 1 saturated heterocycles. The molecule has 3 N–H and O–H groups in total. The minimum absolute atomic E-state index is 0.241. The van der Waals surface area contributed by atoms with Gasteiger partial charge < -0.3 is 15.4 Å². The summed E-state index contributed by atoms with van der Waals surface area (Å²) in [6.45, 7) is 9.79. The van der Waals surface area contributed by atoms with Crippen molar-refractivity contribution in [2.45, 2.75) is 44.3 Å². The van der Waals surface area contributed by atoms with E-state index >= 15 is 0 Å². The Morgan fingerprint density at radius 1 is 1.34 bits per heavy atom. The number of likely N-dealkylation sites (tertiary alicyclic amines) is 1. The summed E-state index contributed by atoms with van der Waals surface area (Å²) in [5, 5.41) is 6.80. The molecule has 9 heteroatoms. The van der Waals surface area contributed by atoms with Gasteiger partial charge in [-0.3, -0.25) is 9.89 Å². The average Bonchev–Trinajstić information content (AvgIpc) is 3.06. The molecular weight excluding hydrogens is 390 g/mol. The number of methoxy groups -OCH3 is 1. The lowest BCUT2D eigenvalue weighted by Gasteiger charge is -2.22. The van der Waals surface area contributed by atoms with E-state index in [0.717, 1.165) is 24.6 Å². The Labute approximate surface area is 175 Å². The van der Waals surface area contributed by atoms with Crippen molar-refractivity contribution in [1.82, 2.24) is 20.3 Å². The van der Waals surface area contributed by atoms with Gasteiger partial charge in [0.25, 0.3) is 0 Å². The number of hydrogen-bond acceptors (Lipinski definition) is 5. The molecule has 1 aromatic rings. The van der Waals surface area contributed by atoms with Crippen molar-refractivity contribution in [1.29, 1.82) is 0 Å². The summed E-state index contributed by atoms with van der Waals surface area (Å²) < 4.78 is 32.2. The Balaban J connectivity index is 1.94. The molecule has 8 nitrogen and oxygen atoms in total. The fourth-order valence-electron chi connectivity index (χ4n) is 3.35. The number of benzene rings is 1. The van der Waals surface area contributed by atoms with Crippen LogP contribution in [-0.2, 0) is 21.3 Å². The fourth-order valence-corrected chi connectivity index (χ4v) is 4.44. The molecule has 0 aliphatic carbocycles. The lowest BCUT2D eigenvalue weighted by Crippen LogP contribution is -2.46. The number of rotatable bonds is 9. The molecule has 1 aromatic carbocycles. The molecular formula is C20H35N5O3S. The van der Waals surface area contributed by atoms with Crippen molar-refractivity contribution < 1.29 is 13.2 Å². The van der Waals surface area contributed by atoms with Crippen LogP contribution in [0.4, 0.5) is 0 Å². The zero-order valence-corrected chi connectivity index (χ0v) is 18.9. The van der Waals surface area contributed by atoms with Crippen LogP contribution in [0.5, 0.6) is 0 Å². The molecule has 0 saturated carbocycles. The van der Waals surface area contributed by atoms with Crippen LogP contribution >= 0.6 is 0 Å². The number of aliphatic imine (C=N–C) groups is 1. The molecule has 2 unspecified atom stereocenters. The number of hydrogen-bond donors (Lipinski definition) is 3. The van der Waals surface area contributed by atoms with E-state index in [0.29, 0.717) is 31.2 Å². The summed E-state index contributed by atoms with van der Waals surface area (Å²) in [6.07, 6.45) is 0. The Kier molecular flexibility index (Phi) is 8.88. The molecule has 0 spiro atoms. The number of nitrogens with zero attached hydrogens (tertiary/aromatic N) is 2. The number of guanidine groups is 1.